The maximum atomic E-state index is 12.9. The Balaban J connectivity index is 1.92. The van der Waals surface area contributed by atoms with Crippen LogP contribution in [0.15, 0.2) is 42.5 Å². The third-order valence-corrected chi connectivity index (χ3v) is 5.42. The summed E-state index contributed by atoms with van der Waals surface area (Å²) in [5, 5.41) is 31.6. The number of rotatable bonds is 7. The lowest BCUT2D eigenvalue weighted by Crippen LogP contribution is -2.61. The van der Waals surface area contributed by atoms with Gasteiger partial charge in [-0.15, -0.1) is 0 Å². The van der Waals surface area contributed by atoms with Crippen LogP contribution in [0.1, 0.15) is 26.3 Å². The lowest BCUT2D eigenvalue weighted by molar-refractivity contribution is -0.385. The first kappa shape index (κ1) is 25.5. The van der Waals surface area contributed by atoms with Crippen molar-refractivity contribution in [3.63, 3.8) is 0 Å². The molecule has 1 saturated heterocycles. The van der Waals surface area contributed by atoms with Crippen LogP contribution in [0, 0.1) is 17.0 Å². The third-order valence-electron chi connectivity index (χ3n) is 5.18. The minimum atomic E-state index is -1.61. The fourth-order valence-electron chi connectivity index (χ4n) is 3.39. The van der Waals surface area contributed by atoms with Gasteiger partial charge in [-0.05, 0) is 31.2 Å². The van der Waals surface area contributed by atoms with Gasteiger partial charge in [-0.2, -0.15) is 0 Å². The molecule has 1 aliphatic heterocycles. The number of aliphatic hydroxyl groups is 2. The molecule has 1 heterocycles. The van der Waals surface area contributed by atoms with Crippen molar-refractivity contribution in [3.05, 3.63) is 74.3 Å². The summed E-state index contributed by atoms with van der Waals surface area (Å²) in [5.74, 6) is -2.00. The monoisotopic (exact) mass is 495 g/mol. The molecular formula is C22H22ClNO10. The van der Waals surface area contributed by atoms with Gasteiger partial charge in [0.05, 0.1) is 17.1 Å². The number of halogens is 1. The van der Waals surface area contributed by atoms with E-state index in [9.17, 15) is 29.9 Å². The molecule has 34 heavy (non-hydrogen) atoms. The van der Waals surface area contributed by atoms with Gasteiger partial charge in [0.25, 0.3) is 5.69 Å². The van der Waals surface area contributed by atoms with Gasteiger partial charge >= 0.3 is 11.9 Å². The molecule has 0 spiro atoms. The third kappa shape index (κ3) is 5.51. The zero-order valence-electron chi connectivity index (χ0n) is 18.1. The van der Waals surface area contributed by atoms with Crippen molar-refractivity contribution in [2.45, 2.75) is 37.6 Å². The topological polar surface area (TPSA) is 155 Å². The van der Waals surface area contributed by atoms with Crippen molar-refractivity contribution in [2.75, 3.05) is 13.7 Å². The van der Waals surface area contributed by atoms with Gasteiger partial charge in [0.1, 0.15) is 17.8 Å². The van der Waals surface area contributed by atoms with Gasteiger partial charge in [-0.1, -0.05) is 29.3 Å². The zero-order chi connectivity index (χ0) is 25.0. The van der Waals surface area contributed by atoms with Gasteiger partial charge in [0.2, 0.25) is 0 Å². The summed E-state index contributed by atoms with van der Waals surface area (Å²) >= 11 is 5.79. The SMILES string of the molecule is COC1OC(CO)C(O)C(OC(=O)c2ccc(C)cc2)C1OC(=O)c1ccc(Cl)cc1[N+](=O)[O-]. The number of benzene rings is 2. The molecule has 2 N–H and O–H groups in total. The van der Waals surface area contributed by atoms with E-state index in [0.29, 0.717) is 0 Å². The molecule has 5 atom stereocenters. The van der Waals surface area contributed by atoms with Crippen LogP contribution < -0.4 is 0 Å². The smallest absolute Gasteiger partial charge is 0.345 e. The number of hydrogen-bond acceptors (Lipinski definition) is 10. The van der Waals surface area contributed by atoms with Gasteiger partial charge in [-0.25, -0.2) is 9.59 Å². The molecule has 182 valence electrons. The van der Waals surface area contributed by atoms with Crippen LogP contribution in [-0.2, 0) is 18.9 Å². The molecule has 0 aromatic heterocycles. The van der Waals surface area contributed by atoms with Crippen molar-refractivity contribution in [1.82, 2.24) is 0 Å². The number of aliphatic hydroxyl groups excluding tert-OH is 2. The van der Waals surface area contributed by atoms with Crippen LogP contribution in [0.4, 0.5) is 5.69 Å². The lowest BCUT2D eigenvalue weighted by Gasteiger charge is -2.42. The number of hydrogen-bond donors (Lipinski definition) is 2. The second-order valence-corrected chi connectivity index (χ2v) is 7.91. The highest BCUT2D eigenvalue weighted by Gasteiger charge is 2.50. The highest BCUT2D eigenvalue weighted by Crippen LogP contribution is 2.30. The van der Waals surface area contributed by atoms with E-state index in [-0.39, 0.29) is 10.6 Å². The van der Waals surface area contributed by atoms with Crippen LogP contribution in [0.2, 0.25) is 5.02 Å². The quantitative estimate of drug-likeness (QED) is 0.331. The van der Waals surface area contributed by atoms with Crippen molar-refractivity contribution in [2.24, 2.45) is 0 Å². The highest BCUT2D eigenvalue weighted by molar-refractivity contribution is 6.31. The largest absolute Gasteiger partial charge is 0.452 e. The first-order valence-electron chi connectivity index (χ1n) is 10.1. The van der Waals surface area contributed by atoms with Crippen molar-refractivity contribution in [3.8, 4) is 0 Å². The molecule has 2 aromatic carbocycles. The summed E-state index contributed by atoms with van der Waals surface area (Å²) in [5.41, 5.74) is 0.0350. The highest BCUT2D eigenvalue weighted by atomic mass is 35.5. The van der Waals surface area contributed by atoms with Crippen LogP contribution >= 0.6 is 11.6 Å². The fourth-order valence-corrected chi connectivity index (χ4v) is 3.55. The number of nitro benzene ring substituents is 1. The van der Waals surface area contributed by atoms with Gasteiger partial charge < -0.3 is 29.2 Å². The number of nitro groups is 1. The number of aryl methyl sites for hydroxylation is 1. The van der Waals surface area contributed by atoms with Gasteiger partial charge in [-0.3, -0.25) is 10.1 Å². The Hall–Kier alpha value is -3.09. The van der Waals surface area contributed by atoms with Gasteiger partial charge in [0, 0.05) is 18.2 Å². The van der Waals surface area contributed by atoms with E-state index in [2.05, 4.69) is 0 Å². The van der Waals surface area contributed by atoms with Crippen LogP contribution in [0.5, 0.6) is 0 Å². The summed E-state index contributed by atoms with van der Waals surface area (Å²) in [6, 6.07) is 9.74. The van der Waals surface area contributed by atoms with Crippen molar-refractivity contribution in [1.29, 1.82) is 0 Å². The van der Waals surface area contributed by atoms with E-state index < -0.39 is 65.4 Å². The normalized spacial score (nSPS) is 24.3. The average molecular weight is 496 g/mol. The Morgan fingerprint density at radius 2 is 1.76 bits per heavy atom. The maximum Gasteiger partial charge on any atom is 0.345 e. The fraction of sp³-hybridized carbons (Fsp3) is 0.364. The molecule has 2 aromatic rings. The van der Waals surface area contributed by atoms with E-state index in [1.165, 1.54) is 25.3 Å². The van der Waals surface area contributed by atoms with E-state index in [1.54, 1.807) is 12.1 Å². The first-order chi connectivity index (χ1) is 16.2. The number of carbonyl (C=O) groups is 2. The van der Waals surface area contributed by atoms with Gasteiger partial charge in [0.15, 0.2) is 18.5 Å². The molecule has 3 rings (SSSR count). The Kier molecular flexibility index (Phi) is 8.18. The summed E-state index contributed by atoms with van der Waals surface area (Å²) in [6.45, 7) is 1.18. The van der Waals surface area contributed by atoms with E-state index in [0.717, 1.165) is 17.7 Å². The van der Waals surface area contributed by atoms with E-state index in [4.69, 9.17) is 30.5 Å². The van der Waals surface area contributed by atoms with E-state index in [1.807, 2.05) is 6.92 Å². The summed E-state index contributed by atoms with van der Waals surface area (Å²) in [7, 11) is 1.21. The number of nitrogens with zero attached hydrogens (tertiary/aromatic N) is 1. The minimum Gasteiger partial charge on any atom is -0.452 e. The predicted octanol–water partition coefficient (Wildman–Crippen LogP) is 2.03. The average Bonchev–Trinajstić information content (AvgIpc) is 2.81. The van der Waals surface area contributed by atoms with Crippen LogP contribution in [-0.4, -0.2) is 71.5 Å². The van der Waals surface area contributed by atoms with Crippen molar-refractivity contribution >= 4 is 29.2 Å². The molecule has 1 fully saturated rings. The first-order valence-corrected chi connectivity index (χ1v) is 10.4. The minimum absolute atomic E-state index is 0.0325. The number of methoxy groups -OCH3 is 1. The zero-order valence-corrected chi connectivity index (χ0v) is 18.9. The maximum absolute atomic E-state index is 12.9. The summed E-state index contributed by atoms with van der Waals surface area (Å²) < 4.78 is 21.4. The molecule has 1 aliphatic rings. The van der Waals surface area contributed by atoms with E-state index >= 15 is 0 Å². The predicted molar refractivity (Wildman–Crippen MR) is 116 cm³/mol. The molecule has 12 heteroatoms. The number of carbonyl (C=O) groups excluding carboxylic acids is 2. The Labute approximate surface area is 198 Å². The molecule has 11 nitrogen and oxygen atoms in total. The molecular weight excluding hydrogens is 474 g/mol. The molecule has 0 amide bonds. The second kappa shape index (κ2) is 10.9. The Morgan fingerprint density at radius 1 is 1.12 bits per heavy atom. The molecule has 0 saturated carbocycles. The number of ether oxygens (including phenoxy) is 4. The van der Waals surface area contributed by atoms with Crippen LogP contribution in [0.3, 0.4) is 0 Å². The Morgan fingerprint density at radius 3 is 2.35 bits per heavy atom. The molecule has 5 unspecified atom stereocenters. The van der Waals surface area contributed by atoms with Crippen molar-refractivity contribution < 1.29 is 43.7 Å². The molecule has 0 aliphatic carbocycles. The standard InChI is InChI=1S/C22H22ClNO10/c1-11-3-5-12(6-4-11)20(27)33-18-17(26)16(10-25)32-22(31-2)19(18)34-21(28)14-8-7-13(23)9-15(14)24(29)30/h3-9,16-19,22,25-26H,10H2,1-2H3. The second-order valence-electron chi connectivity index (χ2n) is 7.48. The molecule has 0 radical (unpaired) electrons. The summed E-state index contributed by atoms with van der Waals surface area (Å²) in [4.78, 5) is 36.1. The van der Waals surface area contributed by atoms with Crippen LogP contribution in [0.25, 0.3) is 0 Å². The lowest BCUT2D eigenvalue weighted by atomic mass is 9.98. The summed E-state index contributed by atoms with van der Waals surface area (Å²) in [6.07, 6.45) is -7.25. The Bertz CT molecular complexity index is 1060. The molecule has 0 bridgehead atoms. The number of esters is 2.